The molecule has 0 spiro atoms. The fourth-order valence-corrected chi connectivity index (χ4v) is 2.24. The van der Waals surface area contributed by atoms with Gasteiger partial charge in [-0.25, -0.2) is 4.98 Å². The van der Waals surface area contributed by atoms with E-state index in [2.05, 4.69) is 10.3 Å². The Kier molecular flexibility index (Phi) is 3.94. The first-order valence-corrected chi connectivity index (χ1v) is 6.88. The lowest BCUT2D eigenvalue weighted by Crippen LogP contribution is -2.46. The van der Waals surface area contributed by atoms with Crippen LogP contribution in [0.25, 0.3) is 0 Å². The van der Waals surface area contributed by atoms with Gasteiger partial charge in [0, 0.05) is 26.0 Å². The Hall–Kier alpha value is -1.36. The molecular weight excluding hydrogens is 242 g/mol. The first-order chi connectivity index (χ1) is 8.95. The van der Waals surface area contributed by atoms with E-state index >= 15 is 0 Å². The van der Waals surface area contributed by atoms with Crippen LogP contribution in [-0.4, -0.2) is 27.7 Å². The summed E-state index contributed by atoms with van der Waals surface area (Å²) in [7, 11) is 1.96. The second-order valence-corrected chi connectivity index (χ2v) is 5.63. The Morgan fingerprint density at radius 2 is 2.32 bits per heavy atom. The number of aryl methyl sites for hydroxylation is 1. The highest BCUT2D eigenvalue weighted by atomic mass is 16.5. The van der Waals surface area contributed by atoms with Gasteiger partial charge in [-0.1, -0.05) is 0 Å². The Morgan fingerprint density at radius 3 is 2.79 bits per heavy atom. The van der Waals surface area contributed by atoms with E-state index in [1.807, 2.05) is 24.7 Å². The normalized spacial score (nSPS) is 17.3. The molecule has 1 atom stereocenters. The van der Waals surface area contributed by atoms with Gasteiger partial charge in [0.15, 0.2) is 0 Å². The topological polar surface area (TPSA) is 56.1 Å². The molecule has 1 aliphatic rings. The molecule has 0 radical (unpaired) electrons. The summed E-state index contributed by atoms with van der Waals surface area (Å²) in [5.41, 5.74) is -0.799. The van der Waals surface area contributed by atoms with E-state index in [1.165, 1.54) is 0 Å². The SMILES string of the molecule is CCOC(C)(C)C(=O)NC(c1nccn1C)C1CC1. The summed E-state index contributed by atoms with van der Waals surface area (Å²) in [4.78, 5) is 16.7. The molecule has 5 heteroatoms. The summed E-state index contributed by atoms with van der Waals surface area (Å²) in [5, 5.41) is 3.10. The monoisotopic (exact) mass is 265 g/mol. The number of nitrogens with zero attached hydrogens (tertiary/aromatic N) is 2. The molecule has 1 aromatic rings. The summed E-state index contributed by atoms with van der Waals surface area (Å²) < 4.78 is 7.47. The Morgan fingerprint density at radius 1 is 1.63 bits per heavy atom. The van der Waals surface area contributed by atoms with Crippen LogP contribution in [0.2, 0.25) is 0 Å². The lowest BCUT2D eigenvalue weighted by molar-refractivity contribution is -0.143. The van der Waals surface area contributed by atoms with Gasteiger partial charge >= 0.3 is 0 Å². The van der Waals surface area contributed by atoms with Gasteiger partial charge in [-0.15, -0.1) is 0 Å². The molecular formula is C14H23N3O2. The Labute approximate surface area is 114 Å². The Bertz CT molecular complexity index is 449. The molecule has 0 aromatic carbocycles. The molecule has 1 unspecified atom stereocenters. The van der Waals surface area contributed by atoms with Crippen molar-refractivity contribution in [3.05, 3.63) is 18.2 Å². The third kappa shape index (κ3) is 3.15. The highest BCUT2D eigenvalue weighted by Crippen LogP contribution is 2.40. The third-order valence-electron chi connectivity index (χ3n) is 3.57. The summed E-state index contributed by atoms with van der Waals surface area (Å²) in [5.74, 6) is 1.35. The summed E-state index contributed by atoms with van der Waals surface area (Å²) in [6, 6.07) is -0.00719. The van der Waals surface area contributed by atoms with Crippen LogP contribution in [0.5, 0.6) is 0 Å². The van der Waals surface area contributed by atoms with E-state index in [-0.39, 0.29) is 11.9 Å². The minimum atomic E-state index is -0.799. The Balaban J connectivity index is 2.10. The standard InChI is InChI=1S/C14H23N3O2/c1-5-19-14(2,3)13(18)16-11(10-6-7-10)12-15-8-9-17(12)4/h8-11H,5-7H2,1-4H3,(H,16,18). The fourth-order valence-electron chi connectivity index (χ4n) is 2.24. The molecule has 1 aromatic heterocycles. The van der Waals surface area contributed by atoms with Gasteiger partial charge in [-0.05, 0) is 39.5 Å². The summed E-state index contributed by atoms with van der Waals surface area (Å²) in [6.07, 6.45) is 5.97. The van der Waals surface area contributed by atoms with Crippen molar-refractivity contribution in [3.63, 3.8) is 0 Å². The predicted octanol–water partition coefficient (Wildman–Crippen LogP) is 1.80. The number of carbonyl (C=O) groups excluding carboxylic acids is 1. The largest absolute Gasteiger partial charge is 0.366 e. The fraction of sp³-hybridized carbons (Fsp3) is 0.714. The molecule has 0 bridgehead atoms. The van der Waals surface area contributed by atoms with Gasteiger partial charge in [-0.3, -0.25) is 4.79 Å². The maximum atomic E-state index is 12.3. The van der Waals surface area contributed by atoms with Gasteiger partial charge < -0.3 is 14.6 Å². The number of carbonyl (C=O) groups is 1. The highest BCUT2D eigenvalue weighted by molar-refractivity contribution is 5.84. The average Bonchev–Trinajstić information content (AvgIpc) is 3.09. The van der Waals surface area contributed by atoms with Gasteiger partial charge in [-0.2, -0.15) is 0 Å². The molecule has 0 aliphatic heterocycles. The van der Waals surface area contributed by atoms with Crippen LogP contribution in [0.4, 0.5) is 0 Å². The van der Waals surface area contributed by atoms with Crippen molar-refractivity contribution in [3.8, 4) is 0 Å². The van der Waals surface area contributed by atoms with Crippen LogP contribution < -0.4 is 5.32 Å². The maximum Gasteiger partial charge on any atom is 0.252 e. The van der Waals surface area contributed by atoms with Crippen molar-refractivity contribution in [2.24, 2.45) is 13.0 Å². The van der Waals surface area contributed by atoms with Crippen molar-refractivity contribution in [2.45, 2.75) is 45.3 Å². The first kappa shape index (κ1) is 14.1. The molecule has 19 heavy (non-hydrogen) atoms. The summed E-state index contributed by atoms with van der Waals surface area (Å²) >= 11 is 0. The van der Waals surface area contributed by atoms with Crippen molar-refractivity contribution in [1.29, 1.82) is 0 Å². The molecule has 1 fully saturated rings. The van der Waals surface area contributed by atoms with E-state index in [1.54, 1.807) is 20.0 Å². The molecule has 1 aliphatic carbocycles. The average molecular weight is 265 g/mol. The van der Waals surface area contributed by atoms with Crippen molar-refractivity contribution in [1.82, 2.24) is 14.9 Å². The lowest BCUT2D eigenvalue weighted by Gasteiger charge is -2.27. The van der Waals surface area contributed by atoms with E-state index in [0.717, 1.165) is 18.7 Å². The van der Waals surface area contributed by atoms with Crippen LogP contribution in [-0.2, 0) is 16.6 Å². The van der Waals surface area contributed by atoms with Crippen LogP contribution in [0.3, 0.4) is 0 Å². The summed E-state index contributed by atoms with van der Waals surface area (Å²) in [6.45, 7) is 6.02. The third-order valence-corrected chi connectivity index (χ3v) is 3.57. The lowest BCUT2D eigenvalue weighted by atomic mass is 10.1. The number of hydrogen-bond donors (Lipinski definition) is 1. The molecule has 1 amide bonds. The first-order valence-electron chi connectivity index (χ1n) is 6.88. The van der Waals surface area contributed by atoms with Crippen LogP contribution in [0, 0.1) is 5.92 Å². The second kappa shape index (κ2) is 5.33. The minimum Gasteiger partial charge on any atom is -0.366 e. The van der Waals surface area contributed by atoms with Crippen LogP contribution >= 0.6 is 0 Å². The van der Waals surface area contributed by atoms with E-state index in [9.17, 15) is 4.79 Å². The van der Waals surface area contributed by atoms with Gasteiger partial charge in [0.05, 0.1) is 6.04 Å². The number of nitrogens with one attached hydrogen (secondary N) is 1. The van der Waals surface area contributed by atoms with E-state index in [0.29, 0.717) is 12.5 Å². The number of hydrogen-bond acceptors (Lipinski definition) is 3. The van der Waals surface area contributed by atoms with Gasteiger partial charge in [0.1, 0.15) is 11.4 Å². The van der Waals surface area contributed by atoms with E-state index < -0.39 is 5.60 Å². The quantitative estimate of drug-likeness (QED) is 0.853. The molecule has 5 nitrogen and oxygen atoms in total. The van der Waals surface area contributed by atoms with Crippen LogP contribution in [0.1, 0.15) is 45.5 Å². The molecule has 1 heterocycles. The predicted molar refractivity (Wildman–Crippen MR) is 72.5 cm³/mol. The van der Waals surface area contributed by atoms with Crippen molar-refractivity contribution >= 4 is 5.91 Å². The molecule has 1 N–H and O–H groups in total. The van der Waals surface area contributed by atoms with Gasteiger partial charge in [0.2, 0.25) is 0 Å². The zero-order valence-electron chi connectivity index (χ0n) is 12.1. The molecule has 0 saturated heterocycles. The number of rotatable bonds is 6. The highest BCUT2D eigenvalue weighted by Gasteiger charge is 2.38. The number of aromatic nitrogens is 2. The smallest absolute Gasteiger partial charge is 0.252 e. The van der Waals surface area contributed by atoms with Crippen molar-refractivity contribution < 1.29 is 9.53 Å². The second-order valence-electron chi connectivity index (χ2n) is 5.63. The number of amides is 1. The molecule has 106 valence electrons. The molecule has 2 rings (SSSR count). The minimum absolute atomic E-state index is 0.00719. The van der Waals surface area contributed by atoms with E-state index in [4.69, 9.17) is 4.74 Å². The van der Waals surface area contributed by atoms with Crippen LogP contribution in [0.15, 0.2) is 12.4 Å². The maximum absolute atomic E-state index is 12.3. The zero-order valence-corrected chi connectivity index (χ0v) is 12.1. The zero-order chi connectivity index (χ0) is 14.0. The van der Waals surface area contributed by atoms with Gasteiger partial charge in [0.25, 0.3) is 5.91 Å². The number of ether oxygens (including phenoxy) is 1. The number of imidazole rings is 1. The molecule has 1 saturated carbocycles. The van der Waals surface area contributed by atoms with Crippen molar-refractivity contribution in [2.75, 3.05) is 6.61 Å².